The summed E-state index contributed by atoms with van der Waals surface area (Å²) >= 11 is 5.15. The fourth-order valence-electron chi connectivity index (χ4n) is 1.50. The number of H-pyrrole nitrogens is 1. The van der Waals surface area contributed by atoms with Crippen LogP contribution in [0.4, 0.5) is 0 Å². The first kappa shape index (κ1) is 10.1. The summed E-state index contributed by atoms with van der Waals surface area (Å²) in [4.78, 5) is 2.97. The number of imidazole rings is 1. The lowest BCUT2D eigenvalue weighted by Gasteiger charge is -2.04. The van der Waals surface area contributed by atoms with Crippen LogP contribution in [0.5, 0.6) is 0 Å². The van der Waals surface area contributed by atoms with Crippen LogP contribution in [0.1, 0.15) is 5.56 Å². The predicted octanol–water partition coefficient (Wildman–Crippen LogP) is 2.25. The maximum absolute atomic E-state index is 5.15. The van der Waals surface area contributed by atoms with E-state index in [4.69, 9.17) is 12.2 Å². The first-order valence-electron chi connectivity index (χ1n) is 4.81. The molecule has 0 aliphatic heterocycles. The van der Waals surface area contributed by atoms with Gasteiger partial charge in [-0.2, -0.15) is 0 Å². The molecule has 1 aromatic heterocycles. The Kier molecular flexibility index (Phi) is 2.99. The molecule has 0 amide bonds. The molecular weight excluding hydrogens is 206 g/mol. The van der Waals surface area contributed by atoms with Gasteiger partial charge in [0.15, 0.2) is 4.77 Å². The van der Waals surface area contributed by atoms with Crippen molar-refractivity contribution in [1.82, 2.24) is 14.9 Å². The predicted molar refractivity (Wildman–Crippen MR) is 63.7 cm³/mol. The zero-order chi connectivity index (χ0) is 10.7. The molecule has 2 rings (SSSR count). The van der Waals surface area contributed by atoms with Gasteiger partial charge >= 0.3 is 0 Å². The van der Waals surface area contributed by atoms with Gasteiger partial charge in [0.05, 0.1) is 0 Å². The first-order chi connectivity index (χ1) is 7.31. The second kappa shape index (κ2) is 4.42. The summed E-state index contributed by atoms with van der Waals surface area (Å²) in [6, 6.07) is 8.33. The van der Waals surface area contributed by atoms with E-state index in [0.717, 1.165) is 17.0 Å². The molecule has 0 fully saturated rings. The van der Waals surface area contributed by atoms with Gasteiger partial charge in [0.25, 0.3) is 0 Å². The van der Waals surface area contributed by atoms with E-state index in [1.807, 2.05) is 24.0 Å². The van der Waals surface area contributed by atoms with Crippen molar-refractivity contribution in [3.05, 3.63) is 47.0 Å². The van der Waals surface area contributed by atoms with Crippen molar-refractivity contribution >= 4 is 12.2 Å². The fourth-order valence-corrected chi connectivity index (χ4v) is 1.74. The average Bonchev–Trinajstić information content (AvgIpc) is 2.66. The third-order valence-corrected chi connectivity index (χ3v) is 2.56. The maximum atomic E-state index is 5.15. The molecule has 2 N–H and O–H groups in total. The van der Waals surface area contributed by atoms with E-state index in [1.54, 1.807) is 0 Å². The molecule has 0 saturated heterocycles. The summed E-state index contributed by atoms with van der Waals surface area (Å²) in [6.07, 6.45) is 3.76. The van der Waals surface area contributed by atoms with E-state index >= 15 is 0 Å². The van der Waals surface area contributed by atoms with E-state index in [0.29, 0.717) is 0 Å². The van der Waals surface area contributed by atoms with Crippen molar-refractivity contribution in [2.45, 2.75) is 6.54 Å². The third-order valence-electron chi connectivity index (χ3n) is 2.24. The summed E-state index contributed by atoms with van der Waals surface area (Å²) in [7, 11) is 1.94. The van der Waals surface area contributed by atoms with Crippen LogP contribution in [-0.2, 0) is 6.54 Å². The third kappa shape index (κ3) is 2.16. The van der Waals surface area contributed by atoms with Crippen molar-refractivity contribution in [3.63, 3.8) is 0 Å². The molecule has 1 heterocycles. The monoisotopic (exact) mass is 219 g/mol. The summed E-state index contributed by atoms with van der Waals surface area (Å²) in [5.74, 6) is 0. The molecule has 2 aromatic rings. The second-order valence-electron chi connectivity index (χ2n) is 3.33. The van der Waals surface area contributed by atoms with Crippen LogP contribution in [0.15, 0.2) is 36.7 Å². The Hall–Kier alpha value is -1.39. The molecule has 0 atom stereocenters. The van der Waals surface area contributed by atoms with Crippen molar-refractivity contribution in [3.8, 4) is 5.69 Å². The Morgan fingerprint density at radius 1 is 1.33 bits per heavy atom. The van der Waals surface area contributed by atoms with Gasteiger partial charge in [0.2, 0.25) is 0 Å². The second-order valence-corrected chi connectivity index (χ2v) is 3.72. The largest absolute Gasteiger partial charge is 0.337 e. The highest BCUT2D eigenvalue weighted by atomic mass is 32.1. The average molecular weight is 219 g/mol. The van der Waals surface area contributed by atoms with Gasteiger partial charge in [-0.25, -0.2) is 0 Å². The summed E-state index contributed by atoms with van der Waals surface area (Å²) in [5.41, 5.74) is 2.35. The van der Waals surface area contributed by atoms with Crippen LogP contribution < -0.4 is 5.32 Å². The molecule has 0 aliphatic carbocycles. The van der Waals surface area contributed by atoms with Crippen LogP contribution >= 0.6 is 12.2 Å². The summed E-state index contributed by atoms with van der Waals surface area (Å²) in [5, 5.41) is 3.12. The van der Waals surface area contributed by atoms with Crippen LogP contribution in [0.25, 0.3) is 5.69 Å². The zero-order valence-electron chi connectivity index (χ0n) is 8.53. The number of aromatic nitrogens is 2. The zero-order valence-corrected chi connectivity index (χ0v) is 9.34. The van der Waals surface area contributed by atoms with Gasteiger partial charge in [0, 0.05) is 24.6 Å². The Labute approximate surface area is 93.8 Å². The van der Waals surface area contributed by atoms with E-state index in [-0.39, 0.29) is 0 Å². The van der Waals surface area contributed by atoms with Crippen molar-refractivity contribution in [2.75, 3.05) is 7.05 Å². The number of aromatic amines is 1. The Bertz CT molecular complexity index is 481. The quantitative estimate of drug-likeness (QED) is 0.776. The van der Waals surface area contributed by atoms with Crippen molar-refractivity contribution in [1.29, 1.82) is 0 Å². The SMILES string of the molecule is CNCc1ccc(-n2cc[nH]c2=S)cc1. The van der Waals surface area contributed by atoms with E-state index < -0.39 is 0 Å². The molecule has 1 aromatic carbocycles. The van der Waals surface area contributed by atoms with E-state index in [9.17, 15) is 0 Å². The molecule has 0 spiro atoms. The van der Waals surface area contributed by atoms with E-state index in [2.05, 4.69) is 34.6 Å². The van der Waals surface area contributed by atoms with Crippen LogP contribution in [0.2, 0.25) is 0 Å². The van der Waals surface area contributed by atoms with Crippen LogP contribution in [-0.4, -0.2) is 16.6 Å². The van der Waals surface area contributed by atoms with Crippen molar-refractivity contribution < 1.29 is 0 Å². The molecule has 0 radical (unpaired) electrons. The van der Waals surface area contributed by atoms with Gasteiger partial charge in [-0.15, -0.1) is 0 Å². The highest BCUT2D eigenvalue weighted by molar-refractivity contribution is 7.71. The molecular formula is C11H13N3S. The highest BCUT2D eigenvalue weighted by Crippen LogP contribution is 2.09. The lowest BCUT2D eigenvalue weighted by atomic mass is 10.2. The van der Waals surface area contributed by atoms with Crippen molar-refractivity contribution in [2.24, 2.45) is 0 Å². The Morgan fingerprint density at radius 2 is 2.07 bits per heavy atom. The molecule has 78 valence electrons. The minimum atomic E-state index is 0.719. The van der Waals surface area contributed by atoms with Gasteiger partial charge in [0.1, 0.15) is 0 Å². The van der Waals surface area contributed by atoms with Gasteiger partial charge < -0.3 is 10.3 Å². The minimum absolute atomic E-state index is 0.719. The lowest BCUT2D eigenvalue weighted by molar-refractivity contribution is 0.817. The normalized spacial score (nSPS) is 10.5. The first-order valence-corrected chi connectivity index (χ1v) is 5.22. The smallest absolute Gasteiger partial charge is 0.181 e. The summed E-state index contributed by atoms with van der Waals surface area (Å²) < 4.78 is 2.66. The minimum Gasteiger partial charge on any atom is -0.337 e. The Balaban J connectivity index is 2.32. The molecule has 4 heteroatoms. The molecule has 15 heavy (non-hydrogen) atoms. The molecule has 0 unspecified atom stereocenters. The molecule has 0 bridgehead atoms. The van der Waals surface area contributed by atoms with Gasteiger partial charge in [-0.05, 0) is 37.0 Å². The number of benzene rings is 1. The molecule has 0 aliphatic rings. The molecule has 3 nitrogen and oxygen atoms in total. The van der Waals surface area contributed by atoms with Crippen LogP contribution in [0, 0.1) is 4.77 Å². The number of nitrogens with zero attached hydrogens (tertiary/aromatic N) is 1. The Morgan fingerprint density at radius 3 is 2.60 bits per heavy atom. The van der Waals surface area contributed by atoms with Crippen LogP contribution in [0.3, 0.4) is 0 Å². The fraction of sp³-hybridized carbons (Fsp3) is 0.182. The highest BCUT2D eigenvalue weighted by Gasteiger charge is 1.97. The lowest BCUT2D eigenvalue weighted by Crippen LogP contribution is -2.04. The topological polar surface area (TPSA) is 32.8 Å². The van der Waals surface area contributed by atoms with Gasteiger partial charge in [-0.3, -0.25) is 4.57 Å². The maximum Gasteiger partial charge on any atom is 0.181 e. The standard InChI is InChI=1S/C11H13N3S/c1-12-8-9-2-4-10(5-3-9)14-7-6-13-11(14)15/h2-7,12H,8H2,1H3,(H,13,15). The van der Waals surface area contributed by atoms with E-state index in [1.165, 1.54) is 5.56 Å². The number of hydrogen-bond acceptors (Lipinski definition) is 2. The number of rotatable bonds is 3. The number of hydrogen-bond donors (Lipinski definition) is 2. The molecule has 0 saturated carbocycles. The summed E-state index contributed by atoms with van der Waals surface area (Å²) in [6.45, 7) is 0.888. The number of nitrogens with one attached hydrogen (secondary N) is 2. The van der Waals surface area contributed by atoms with Gasteiger partial charge in [-0.1, -0.05) is 12.1 Å².